The summed E-state index contributed by atoms with van der Waals surface area (Å²) in [7, 11) is 0. The number of rotatable bonds is 3. The Balaban J connectivity index is 1.57. The summed E-state index contributed by atoms with van der Waals surface area (Å²) >= 11 is 0. The SMILES string of the molecule is C/C=C1/[C@H](O[C@H]2O[C@H](CO)[C@@H](O)[C@H](O)[C@H]2O)OC=C2C(=O)OC[C@H](C)[C@]3(O)CC[C@H](C)[C@H]3COC(=O)C[C@H]21. The van der Waals surface area contributed by atoms with Crippen molar-refractivity contribution in [2.45, 2.75) is 82.6 Å². The molecule has 5 N–H and O–H groups in total. The number of ether oxygens (including phenoxy) is 5. The van der Waals surface area contributed by atoms with Crippen molar-refractivity contribution in [3.63, 3.8) is 0 Å². The van der Waals surface area contributed by atoms with Crippen LogP contribution in [0.5, 0.6) is 0 Å². The Morgan fingerprint density at radius 3 is 2.53 bits per heavy atom. The van der Waals surface area contributed by atoms with Crippen molar-refractivity contribution in [1.82, 2.24) is 0 Å². The lowest BCUT2D eigenvalue weighted by Gasteiger charge is -2.42. The minimum atomic E-state index is -1.67. The largest absolute Gasteiger partial charge is 0.468 e. The van der Waals surface area contributed by atoms with Crippen LogP contribution in [0.15, 0.2) is 23.5 Å². The molecule has 12 nitrogen and oxygen atoms in total. The van der Waals surface area contributed by atoms with Crippen molar-refractivity contribution in [2.24, 2.45) is 23.7 Å². The van der Waals surface area contributed by atoms with E-state index in [1.54, 1.807) is 19.9 Å². The third-order valence-electron chi connectivity index (χ3n) is 8.49. The van der Waals surface area contributed by atoms with Gasteiger partial charge in [0.1, 0.15) is 24.4 Å². The van der Waals surface area contributed by atoms with Crippen molar-refractivity contribution in [3.05, 3.63) is 23.5 Å². The highest BCUT2D eigenvalue weighted by Crippen LogP contribution is 2.45. The normalized spacial score (nSPS) is 45.5. The summed E-state index contributed by atoms with van der Waals surface area (Å²) in [5.41, 5.74) is -0.724. The van der Waals surface area contributed by atoms with E-state index in [0.29, 0.717) is 12.0 Å². The molecule has 0 radical (unpaired) electrons. The van der Waals surface area contributed by atoms with E-state index in [4.69, 9.17) is 23.7 Å². The lowest BCUT2D eigenvalue weighted by Crippen LogP contribution is -2.60. The van der Waals surface area contributed by atoms with Crippen molar-refractivity contribution >= 4 is 11.9 Å². The quantitative estimate of drug-likeness (QED) is 0.228. The highest BCUT2D eigenvalue weighted by Gasteiger charge is 2.51. The molecule has 38 heavy (non-hydrogen) atoms. The summed E-state index contributed by atoms with van der Waals surface area (Å²) in [6.07, 6.45) is -5.04. The van der Waals surface area contributed by atoms with Gasteiger partial charge in [-0.25, -0.2) is 4.79 Å². The molecule has 0 aromatic rings. The predicted octanol–water partition coefficient (Wildman–Crippen LogP) is -0.491. The molecule has 1 saturated carbocycles. The average Bonchev–Trinajstić information content (AvgIpc) is 3.19. The zero-order chi connectivity index (χ0) is 27.8. The van der Waals surface area contributed by atoms with E-state index >= 15 is 0 Å². The Morgan fingerprint density at radius 1 is 1.11 bits per heavy atom. The second-order valence-electron chi connectivity index (χ2n) is 10.7. The molecule has 0 spiro atoms. The van der Waals surface area contributed by atoms with E-state index in [9.17, 15) is 35.1 Å². The first-order valence-corrected chi connectivity index (χ1v) is 13.0. The van der Waals surface area contributed by atoms with Crippen LogP contribution in [-0.2, 0) is 33.3 Å². The van der Waals surface area contributed by atoms with Gasteiger partial charge in [-0.1, -0.05) is 19.9 Å². The third-order valence-corrected chi connectivity index (χ3v) is 8.49. The number of fused-ring (bicyclic) bond motifs is 2. The summed E-state index contributed by atoms with van der Waals surface area (Å²) in [6.45, 7) is 4.82. The van der Waals surface area contributed by atoms with Crippen molar-refractivity contribution in [3.8, 4) is 0 Å². The number of cyclic esters (lactones) is 2. The van der Waals surface area contributed by atoms with Gasteiger partial charge in [0.25, 0.3) is 0 Å². The molecule has 0 amide bonds. The number of hydrogen-bond donors (Lipinski definition) is 5. The van der Waals surface area contributed by atoms with E-state index < -0.39 is 73.0 Å². The Bertz CT molecular complexity index is 947. The van der Waals surface area contributed by atoms with Crippen LogP contribution < -0.4 is 0 Å². The van der Waals surface area contributed by atoms with Crippen molar-refractivity contribution in [1.29, 1.82) is 0 Å². The van der Waals surface area contributed by atoms with Gasteiger partial charge >= 0.3 is 11.9 Å². The summed E-state index contributed by atoms with van der Waals surface area (Å²) in [6, 6.07) is 0. The van der Waals surface area contributed by atoms with Gasteiger partial charge in [-0.15, -0.1) is 0 Å². The fourth-order valence-corrected chi connectivity index (χ4v) is 5.90. The molecule has 214 valence electrons. The van der Waals surface area contributed by atoms with Crippen LogP contribution in [-0.4, -0.2) is 99.9 Å². The fourth-order valence-electron chi connectivity index (χ4n) is 5.90. The zero-order valence-electron chi connectivity index (χ0n) is 21.8. The molecule has 11 atom stereocenters. The van der Waals surface area contributed by atoms with Crippen LogP contribution in [0.2, 0.25) is 0 Å². The molecule has 0 unspecified atom stereocenters. The standard InChI is InChI=1S/C26H38O12/c1-4-14-15-7-19(28)34-11-17-12(2)5-6-26(17,33)13(3)9-35-23(32)16(15)10-36-24(14)38-25-22(31)21(30)20(29)18(8-27)37-25/h4,10,12-13,15,17-18,20-22,24-25,27,29-31,33H,5-9,11H2,1-3H3/b14-4+/t12-,13-,15-,17+,18+,20+,21-,22+,24-,25+,26+/m0/s1. The lowest BCUT2D eigenvalue weighted by atomic mass is 9.78. The Hall–Kier alpha value is -2.06. The predicted molar refractivity (Wildman–Crippen MR) is 128 cm³/mol. The summed E-state index contributed by atoms with van der Waals surface area (Å²) in [5.74, 6) is -2.73. The first-order chi connectivity index (χ1) is 18.0. The maximum absolute atomic E-state index is 13.1. The van der Waals surface area contributed by atoms with Gasteiger partial charge in [-0.3, -0.25) is 4.79 Å². The first-order valence-electron chi connectivity index (χ1n) is 13.0. The molecule has 0 bridgehead atoms. The molecule has 3 heterocycles. The Kier molecular flexibility index (Phi) is 8.82. The van der Waals surface area contributed by atoms with Gasteiger partial charge in [0.15, 0.2) is 6.29 Å². The van der Waals surface area contributed by atoms with Gasteiger partial charge < -0.3 is 49.2 Å². The zero-order valence-corrected chi connectivity index (χ0v) is 21.8. The summed E-state index contributed by atoms with van der Waals surface area (Å²) in [4.78, 5) is 26.1. The second kappa shape index (κ2) is 11.6. The lowest BCUT2D eigenvalue weighted by molar-refractivity contribution is -0.327. The van der Waals surface area contributed by atoms with Crippen molar-refractivity contribution in [2.75, 3.05) is 19.8 Å². The van der Waals surface area contributed by atoms with Gasteiger partial charge in [0.05, 0.1) is 43.7 Å². The highest BCUT2D eigenvalue weighted by atomic mass is 16.8. The molecule has 0 aromatic carbocycles. The second-order valence-corrected chi connectivity index (χ2v) is 10.7. The molecule has 4 rings (SSSR count). The minimum Gasteiger partial charge on any atom is -0.468 e. The number of carbonyl (C=O) groups is 2. The summed E-state index contributed by atoms with van der Waals surface area (Å²) in [5, 5.41) is 51.3. The highest BCUT2D eigenvalue weighted by molar-refractivity contribution is 5.91. The number of hydrogen-bond acceptors (Lipinski definition) is 12. The average molecular weight is 543 g/mol. The molecular formula is C26H38O12. The van der Waals surface area contributed by atoms with Gasteiger partial charge in [-0.2, -0.15) is 0 Å². The number of esters is 2. The molecule has 2 saturated heterocycles. The van der Waals surface area contributed by atoms with Crippen LogP contribution in [0.25, 0.3) is 0 Å². The van der Waals surface area contributed by atoms with Crippen LogP contribution in [0.1, 0.15) is 40.0 Å². The van der Waals surface area contributed by atoms with E-state index in [2.05, 4.69) is 0 Å². The molecule has 3 fully saturated rings. The molecule has 4 aliphatic rings. The molecule has 12 heteroatoms. The van der Waals surface area contributed by atoms with Crippen LogP contribution in [0, 0.1) is 23.7 Å². The smallest absolute Gasteiger partial charge is 0.337 e. The van der Waals surface area contributed by atoms with Gasteiger partial charge in [-0.05, 0) is 25.7 Å². The number of aliphatic hydroxyl groups is 5. The summed E-state index contributed by atoms with van der Waals surface area (Å²) < 4.78 is 28.0. The van der Waals surface area contributed by atoms with Crippen LogP contribution in [0.3, 0.4) is 0 Å². The van der Waals surface area contributed by atoms with Crippen molar-refractivity contribution < 1.29 is 58.8 Å². The fraction of sp³-hybridized carbons (Fsp3) is 0.769. The number of aliphatic hydroxyl groups excluding tert-OH is 4. The van der Waals surface area contributed by atoms with Gasteiger partial charge in [0.2, 0.25) is 6.29 Å². The first kappa shape index (κ1) is 28.9. The molecular weight excluding hydrogens is 504 g/mol. The third kappa shape index (κ3) is 5.35. The van der Waals surface area contributed by atoms with E-state index in [-0.39, 0.29) is 37.0 Å². The minimum absolute atomic E-state index is 0.0347. The number of allylic oxidation sites excluding steroid dienone is 1. The van der Waals surface area contributed by atoms with E-state index in [0.717, 1.165) is 12.7 Å². The number of carbonyl (C=O) groups excluding carboxylic acids is 2. The van der Waals surface area contributed by atoms with Crippen LogP contribution in [0.4, 0.5) is 0 Å². The Morgan fingerprint density at radius 2 is 1.84 bits per heavy atom. The maximum atomic E-state index is 13.1. The van der Waals surface area contributed by atoms with E-state index in [1.807, 2.05) is 6.92 Å². The molecule has 0 aromatic heterocycles. The topological polar surface area (TPSA) is 181 Å². The maximum Gasteiger partial charge on any atom is 0.337 e. The Labute approximate surface area is 220 Å². The molecule has 1 aliphatic carbocycles. The monoisotopic (exact) mass is 542 g/mol. The molecule has 3 aliphatic heterocycles. The van der Waals surface area contributed by atoms with Gasteiger partial charge in [0, 0.05) is 23.3 Å². The van der Waals surface area contributed by atoms with E-state index in [1.165, 1.54) is 0 Å². The van der Waals surface area contributed by atoms with Crippen LogP contribution >= 0.6 is 0 Å².